The second-order valence-corrected chi connectivity index (χ2v) is 12.4. The molecule has 0 saturated heterocycles. The van der Waals surface area contributed by atoms with Gasteiger partial charge in [0.1, 0.15) is 5.60 Å². The number of nitrogens with one attached hydrogen (secondary N) is 2. The number of carbonyl (C=O) groups is 1. The molecule has 1 heterocycles. The van der Waals surface area contributed by atoms with E-state index in [0.717, 1.165) is 39.1 Å². The highest BCUT2D eigenvalue weighted by Crippen LogP contribution is 2.31. The van der Waals surface area contributed by atoms with E-state index in [1.807, 2.05) is 68.4 Å². The number of ether oxygens (including phenoxy) is 1. The summed E-state index contributed by atoms with van der Waals surface area (Å²) >= 11 is 0. The summed E-state index contributed by atoms with van der Waals surface area (Å²) in [6, 6.07) is 26.2. The fourth-order valence-electron chi connectivity index (χ4n) is 3.94. The molecule has 0 saturated carbocycles. The molecule has 0 atom stereocenters. The molecule has 212 valence electrons. The maximum atomic E-state index is 13.0. The van der Waals surface area contributed by atoms with Crippen LogP contribution in [0.3, 0.4) is 0 Å². The second kappa shape index (κ2) is 12.3. The van der Waals surface area contributed by atoms with E-state index in [1.165, 1.54) is 12.1 Å². The van der Waals surface area contributed by atoms with Crippen LogP contribution in [0.1, 0.15) is 37.5 Å². The number of sulfonamides is 1. The lowest BCUT2D eigenvalue weighted by Gasteiger charge is -2.20. The van der Waals surface area contributed by atoms with Crippen LogP contribution in [0.5, 0.6) is 0 Å². The molecular formula is C32H34N4O4S. The summed E-state index contributed by atoms with van der Waals surface area (Å²) in [5.41, 5.74) is 5.92. The molecule has 0 spiro atoms. The van der Waals surface area contributed by atoms with E-state index in [9.17, 15) is 13.2 Å². The number of nitrogens with zero attached hydrogens (tertiary/aromatic N) is 2. The Morgan fingerprint density at radius 1 is 0.878 bits per heavy atom. The number of benzene rings is 3. The maximum Gasteiger partial charge on any atom is 0.414 e. The number of aliphatic imine (C=N–C) groups is 1. The van der Waals surface area contributed by atoms with Gasteiger partial charge in [0.15, 0.2) is 0 Å². The molecule has 41 heavy (non-hydrogen) atoms. The highest BCUT2D eigenvalue weighted by Gasteiger charge is 2.21. The standard InChI is InChI=1S/C32H34N4O4S/c1-22-11-15-25(16-12-22)28-19-24(20-33-29(28)26-17-13-23(2)14-18-26)21-34-30(35-31(37)40-32(3,4)5)36-41(38,39)27-9-7-6-8-10-27/h6-20H,21H2,1-5H3,(H2,34,35,36,37). The number of hydrogen-bond donors (Lipinski definition) is 2. The van der Waals surface area contributed by atoms with Crippen LogP contribution >= 0.6 is 0 Å². The molecule has 0 bridgehead atoms. The molecule has 0 aliphatic heterocycles. The summed E-state index contributed by atoms with van der Waals surface area (Å²) in [6.45, 7) is 9.25. The number of guanidine groups is 1. The van der Waals surface area contributed by atoms with Crippen molar-refractivity contribution in [1.82, 2.24) is 15.0 Å². The third-order valence-corrected chi connectivity index (χ3v) is 7.31. The highest BCUT2D eigenvalue weighted by molar-refractivity contribution is 7.90. The molecule has 3 aromatic carbocycles. The summed E-state index contributed by atoms with van der Waals surface area (Å²) in [5.74, 6) is -0.261. The van der Waals surface area contributed by atoms with Crippen LogP contribution in [0.25, 0.3) is 22.4 Å². The topological polar surface area (TPSA) is 110 Å². The monoisotopic (exact) mass is 570 g/mol. The Bertz CT molecular complexity index is 1640. The zero-order valence-electron chi connectivity index (χ0n) is 23.8. The first-order chi connectivity index (χ1) is 19.4. The third-order valence-electron chi connectivity index (χ3n) is 5.96. The average Bonchev–Trinajstić information content (AvgIpc) is 2.92. The Hall–Kier alpha value is -4.50. The van der Waals surface area contributed by atoms with Gasteiger partial charge >= 0.3 is 6.09 Å². The number of alkyl carbamates (subject to hydrolysis) is 1. The second-order valence-electron chi connectivity index (χ2n) is 10.7. The summed E-state index contributed by atoms with van der Waals surface area (Å²) in [5, 5.41) is 2.44. The molecule has 2 N–H and O–H groups in total. The molecule has 0 unspecified atom stereocenters. The van der Waals surface area contributed by atoms with Crippen molar-refractivity contribution in [2.75, 3.05) is 0 Å². The molecule has 1 amide bonds. The van der Waals surface area contributed by atoms with Gasteiger partial charge < -0.3 is 4.74 Å². The number of aromatic nitrogens is 1. The molecule has 0 aliphatic carbocycles. The summed E-state index contributed by atoms with van der Waals surface area (Å²) in [4.78, 5) is 21.7. The van der Waals surface area contributed by atoms with E-state index in [1.54, 1.807) is 45.2 Å². The summed E-state index contributed by atoms with van der Waals surface area (Å²) in [6.07, 6.45) is 0.868. The number of amides is 1. The van der Waals surface area contributed by atoms with Crippen LogP contribution in [0.15, 0.2) is 101 Å². The smallest absolute Gasteiger partial charge is 0.414 e. The minimum atomic E-state index is -4.02. The van der Waals surface area contributed by atoms with Gasteiger partial charge in [0.25, 0.3) is 10.0 Å². The van der Waals surface area contributed by atoms with E-state index in [2.05, 4.69) is 15.0 Å². The molecule has 9 heteroatoms. The number of carbonyl (C=O) groups excluding carboxylic acids is 1. The first kappa shape index (κ1) is 29.5. The number of rotatable bonds is 6. The molecule has 0 aliphatic rings. The predicted molar refractivity (Wildman–Crippen MR) is 162 cm³/mol. The van der Waals surface area contributed by atoms with E-state index >= 15 is 0 Å². The van der Waals surface area contributed by atoms with Crippen LogP contribution in [-0.2, 0) is 21.3 Å². The highest BCUT2D eigenvalue weighted by atomic mass is 32.2. The summed E-state index contributed by atoms with van der Waals surface area (Å²) < 4.78 is 33.7. The van der Waals surface area contributed by atoms with Crippen LogP contribution in [0.2, 0.25) is 0 Å². The van der Waals surface area contributed by atoms with Crippen LogP contribution in [-0.4, -0.2) is 31.1 Å². The van der Waals surface area contributed by atoms with Gasteiger partial charge in [0.2, 0.25) is 5.96 Å². The maximum absolute atomic E-state index is 13.0. The van der Waals surface area contributed by atoms with Crippen molar-refractivity contribution in [3.8, 4) is 22.4 Å². The summed E-state index contributed by atoms with van der Waals surface area (Å²) in [7, 11) is -4.02. The van der Waals surface area contributed by atoms with E-state index < -0.39 is 21.7 Å². The van der Waals surface area contributed by atoms with Gasteiger partial charge in [-0.2, -0.15) is 0 Å². The van der Waals surface area contributed by atoms with Gasteiger partial charge in [-0.05, 0) is 63.9 Å². The lowest BCUT2D eigenvalue weighted by Crippen LogP contribution is -2.45. The number of hydrogen-bond acceptors (Lipinski definition) is 6. The van der Waals surface area contributed by atoms with E-state index in [0.29, 0.717) is 0 Å². The van der Waals surface area contributed by atoms with E-state index in [-0.39, 0.29) is 17.4 Å². The van der Waals surface area contributed by atoms with Crippen molar-refractivity contribution in [3.63, 3.8) is 0 Å². The molecule has 0 fully saturated rings. The molecule has 4 aromatic rings. The van der Waals surface area contributed by atoms with Crippen molar-refractivity contribution < 1.29 is 17.9 Å². The van der Waals surface area contributed by atoms with Crippen LogP contribution in [0.4, 0.5) is 4.79 Å². The Morgan fingerprint density at radius 2 is 1.46 bits per heavy atom. The molecule has 1 aromatic heterocycles. The van der Waals surface area contributed by atoms with Gasteiger partial charge in [-0.1, -0.05) is 77.9 Å². The molecule has 4 rings (SSSR count). The van der Waals surface area contributed by atoms with Gasteiger partial charge in [-0.15, -0.1) is 0 Å². The Labute approximate surface area is 241 Å². The number of pyridine rings is 1. The Balaban J connectivity index is 1.70. The third kappa shape index (κ3) is 8.25. The van der Waals surface area contributed by atoms with E-state index in [4.69, 9.17) is 9.72 Å². The minimum absolute atomic E-state index is 0.0319. The lowest BCUT2D eigenvalue weighted by molar-refractivity contribution is 0.0562. The van der Waals surface area contributed by atoms with Crippen molar-refractivity contribution in [2.45, 2.75) is 51.7 Å². The Morgan fingerprint density at radius 3 is 2.05 bits per heavy atom. The van der Waals surface area contributed by atoms with Gasteiger partial charge in [-0.25, -0.2) is 22.9 Å². The fraction of sp³-hybridized carbons (Fsp3) is 0.219. The SMILES string of the molecule is Cc1ccc(-c2cc(CN=C(NC(=O)OC(C)(C)C)NS(=O)(=O)c3ccccc3)cnc2-c2ccc(C)cc2)cc1. The van der Waals surface area contributed by atoms with Crippen molar-refractivity contribution >= 4 is 22.1 Å². The molecule has 0 radical (unpaired) electrons. The quantitative estimate of drug-likeness (QED) is 0.206. The van der Waals surface area contributed by atoms with Crippen molar-refractivity contribution in [3.05, 3.63) is 108 Å². The average molecular weight is 571 g/mol. The van der Waals surface area contributed by atoms with Crippen LogP contribution < -0.4 is 10.0 Å². The Kier molecular flexibility index (Phi) is 8.88. The first-order valence-electron chi connectivity index (χ1n) is 13.1. The van der Waals surface area contributed by atoms with Gasteiger partial charge in [0.05, 0.1) is 17.1 Å². The van der Waals surface area contributed by atoms with Crippen molar-refractivity contribution in [1.29, 1.82) is 0 Å². The van der Waals surface area contributed by atoms with Gasteiger partial charge in [0, 0.05) is 17.3 Å². The lowest BCUT2D eigenvalue weighted by atomic mass is 9.97. The zero-order chi connectivity index (χ0) is 29.6. The molecule has 8 nitrogen and oxygen atoms in total. The predicted octanol–water partition coefficient (Wildman–Crippen LogP) is 6.39. The fourth-order valence-corrected chi connectivity index (χ4v) is 4.95. The molecular weight excluding hydrogens is 536 g/mol. The normalized spacial score (nSPS) is 12.1. The van der Waals surface area contributed by atoms with Crippen LogP contribution in [0, 0.1) is 13.8 Å². The number of aryl methyl sites for hydroxylation is 2. The minimum Gasteiger partial charge on any atom is -0.444 e. The largest absolute Gasteiger partial charge is 0.444 e. The zero-order valence-corrected chi connectivity index (χ0v) is 24.6. The van der Waals surface area contributed by atoms with Crippen molar-refractivity contribution in [2.24, 2.45) is 4.99 Å². The first-order valence-corrected chi connectivity index (χ1v) is 14.6. The van der Waals surface area contributed by atoms with Gasteiger partial charge in [-0.3, -0.25) is 10.3 Å².